The Balaban J connectivity index is 1.15. The van der Waals surface area contributed by atoms with Crippen molar-refractivity contribution in [1.82, 2.24) is 15.1 Å². The predicted molar refractivity (Wildman–Crippen MR) is 106 cm³/mol. The predicted octanol–water partition coefficient (Wildman–Crippen LogP) is 0.966. The Labute approximate surface area is 175 Å². The molecule has 160 valence electrons. The molecule has 2 aliphatic carbocycles. The Kier molecular flexibility index (Phi) is 5.20. The number of hydrogen-bond donors (Lipinski definition) is 1. The van der Waals surface area contributed by atoms with Gasteiger partial charge in [0.15, 0.2) is 0 Å². The average Bonchev–Trinajstić information content (AvgIpc) is 3.54. The van der Waals surface area contributed by atoms with Gasteiger partial charge in [-0.3, -0.25) is 24.2 Å². The molecule has 30 heavy (non-hydrogen) atoms. The molecule has 5 atom stereocenters. The summed E-state index contributed by atoms with van der Waals surface area (Å²) in [6.45, 7) is 3.42. The zero-order valence-electron chi connectivity index (χ0n) is 16.9. The number of hydrogen-bond acceptors (Lipinski definition) is 6. The Morgan fingerprint density at radius 3 is 2.47 bits per heavy atom. The number of allylic oxidation sites excluding steroid dienone is 2. The summed E-state index contributed by atoms with van der Waals surface area (Å²) in [6.07, 6.45) is 6.82. The van der Waals surface area contributed by atoms with Crippen molar-refractivity contribution in [3.63, 3.8) is 0 Å². The minimum absolute atomic E-state index is 0.0658. The van der Waals surface area contributed by atoms with Crippen molar-refractivity contribution in [2.24, 2.45) is 23.7 Å². The van der Waals surface area contributed by atoms with Gasteiger partial charge in [-0.2, -0.15) is 0 Å². The van der Waals surface area contributed by atoms with Gasteiger partial charge >= 0.3 is 0 Å². The molecule has 3 amide bonds. The first-order valence-corrected chi connectivity index (χ1v) is 10.8. The molecule has 3 fully saturated rings. The smallest absolute Gasteiger partial charge is 0.233 e. The minimum Gasteiger partial charge on any atom is -0.468 e. The summed E-state index contributed by atoms with van der Waals surface area (Å²) >= 11 is 0. The van der Waals surface area contributed by atoms with Crippen LogP contribution < -0.4 is 5.32 Å². The molecular weight excluding hydrogens is 386 g/mol. The number of fused-ring (bicyclic) bond motifs is 5. The van der Waals surface area contributed by atoms with Crippen molar-refractivity contribution in [1.29, 1.82) is 0 Å². The molecule has 8 heteroatoms. The first-order valence-electron chi connectivity index (χ1n) is 10.8. The van der Waals surface area contributed by atoms with Crippen LogP contribution in [0.25, 0.3) is 0 Å². The van der Waals surface area contributed by atoms with E-state index >= 15 is 0 Å². The highest BCUT2D eigenvalue weighted by atomic mass is 16.5. The number of ether oxygens (including phenoxy) is 1. The molecule has 8 nitrogen and oxygen atoms in total. The molecule has 1 aromatic heterocycles. The lowest BCUT2D eigenvalue weighted by molar-refractivity contribution is -0.141. The number of rotatable bonds is 7. The quantitative estimate of drug-likeness (QED) is 0.529. The second kappa shape index (κ2) is 8.00. The average molecular weight is 413 g/mol. The van der Waals surface area contributed by atoms with Gasteiger partial charge in [0.05, 0.1) is 37.4 Å². The fraction of sp³-hybridized carbons (Fsp3) is 0.591. The SMILES string of the molecule is O=C(CCN1C(=O)[C@@H]2[C@H](C1=O)[C@@H]1C=C[C@H]2C1)NC[C@@H](c1ccco1)N1CCOCC1. The maximum absolute atomic E-state index is 12.7. The maximum atomic E-state index is 12.7. The van der Waals surface area contributed by atoms with E-state index in [1.54, 1.807) is 6.26 Å². The molecule has 0 unspecified atom stereocenters. The van der Waals surface area contributed by atoms with Crippen LogP contribution in [0.2, 0.25) is 0 Å². The van der Waals surface area contributed by atoms with E-state index in [2.05, 4.69) is 22.4 Å². The van der Waals surface area contributed by atoms with Gasteiger partial charge in [-0.05, 0) is 30.4 Å². The lowest BCUT2D eigenvalue weighted by atomic mass is 9.85. The van der Waals surface area contributed by atoms with Crippen molar-refractivity contribution >= 4 is 17.7 Å². The van der Waals surface area contributed by atoms with Crippen molar-refractivity contribution in [3.8, 4) is 0 Å². The molecule has 1 N–H and O–H groups in total. The number of furan rings is 1. The van der Waals surface area contributed by atoms with E-state index in [1.165, 1.54) is 4.90 Å². The molecule has 2 aliphatic heterocycles. The molecular formula is C22H27N3O5. The zero-order chi connectivity index (χ0) is 20.7. The first-order chi connectivity index (χ1) is 14.6. The highest BCUT2D eigenvalue weighted by Crippen LogP contribution is 2.52. The third-order valence-electron chi connectivity index (χ3n) is 6.97. The summed E-state index contributed by atoms with van der Waals surface area (Å²) in [7, 11) is 0. The lowest BCUT2D eigenvalue weighted by Crippen LogP contribution is -2.44. The topological polar surface area (TPSA) is 92.1 Å². The molecule has 4 aliphatic rings. The highest BCUT2D eigenvalue weighted by molar-refractivity contribution is 6.06. The number of carbonyl (C=O) groups excluding carboxylic acids is 3. The van der Waals surface area contributed by atoms with Gasteiger partial charge in [0.2, 0.25) is 17.7 Å². The van der Waals surface area contributed by atoms with E-state index in [0.29, 0.717) is 19.8 Å². The molecule has 1 aromatic rings. The fourth-order valence-corrected chi connectivity index (χ4v) is 5.48. The summed E-state index contributed by atoms with van der Waals surface area (Å²) in [5, 5.41) is 2.96. The molecule has 3 heterocycles. The monoisotopic (exact) mass is 413 g/mol. The van der Waals surface area contributed by atoms with E-state index in [-0.39, 0.29) is 60.4 Å². The van der Waals surface area contributed by atoms with Crippen LogP contribution in [0.3, 0.4) is 0 Å². The van der Waals surface area contributed by atoms with Crippen LogP contribution in [0.1, 0.15) is 24.6 Å². The Morgan fingerprint density at radius 2 is 1.83 bits per heavy atom. The summed E-state index contributed by atoms with van der Waals surface area (Å²) in [5.41, 5.74) is 0. The summed E-state index contributed by atoms with van der Waals surface area (Å²) < 4.78 is 11.0. The molecule has 2 bridgehead atoms. The number of likely N-dealkylation sites (tertiary alicyclic amines) is 1. The van der Waals surface area contributed by atoms with Crippen molar-refractivity contribution < 1.29 is 23.5 Å². The molecule has 2 saturated heterocycles. The summed E-state index contributed by atoms with van der Waals surface area (Å²) in [5.74, 6) is 0.403. The largest absolute Gasteiger partial charge is 0.468 e. The number of amides is 3. The van der Waals surface area contributed by atoms with E-state index in [1.807, 2.05) is 12.1 Å². The van der Waals surface area contributed by atoms with Crippen LogP contribution in [0.15, 0.2) is 35.0 Å². The Morgan fingerprint density at radius 1 is 1.13 bits per heavy atom. The van der Waals surface area contributed by atoms with Crippen LogP contribution >= 0.6 is 0 Å². The maximum Gasteiger partial charge on any atom is 0.233 e. The lowest BCUT2D eigenvalue weighted by Gasteiger charge is -2.33. The summed E-state index contributed by atoms with van der Waals surface area (Å²) in [6, 6.07) is 3.69. The molecule has 0 spiro atoms. The van der Waals surface area contributed by atoms with Crippen molar-refractivity contribution in [2.45, 2.75) is 18.9 Å². The molecule has 1 saturated carbocycles. The van der Waals surface area contributed by atoms with Crippen LogP contribution in [0.4, 0.5) is 0 Å². The van der Waals surface area contributed by atoms with Gasteiger partial charge in [-0.1, -0.05) is 12.2 Å². The Bertz CT molecular complexity index is 815. The standard InChI is InChI=1S/C22H27N3O5/c26-18(23-13-16(17-2-1-9-30-17)24-7-10-29-11-8-24)5-6-25-21(27)19-14-3-4-15(12-14)20(19)22(25)28/h1-4,9,14-16,19-20H,5-8,10-13H2,(H,23,26)/t14-,15+,16-,19-,20+/m0/s1. The second-order valence-electron chi connectivity index (χ2n) is 8.56. The van der Waals surface area contributed by atoms with Crippen LogP contribution in [-0.2, 0) is 19.1 Å². The van der Waals surface area contributed by atoms with E-state index in [0.717, 1.165) is 25.3 Å². The van der Waals surface area contributed by atoms with Crippen molar-refractivity contribution in [3.05, 3.63) is 36.3 Å². The number of imide groups is 1. The van der Waals surface area contributed by atoms with E-state index in [9.17, 15) is 14.4 Å². The van der Waals surface area contributed by atoms with Gasteiger partial charge in [-0.25, -0.2) is 0 Å². The van der Waals surface area contributed by atoms with Crippen LogP contribution in [0, 0.1) is 23.7 Å². The number of nitrogens with one attached hydrogen (secondary N) is 1. The van der Waals surface area contributed by atoms with E-state index < -0.39 is 0 Å². The molecule has 5 rings (SSSR count). The normalized spacial score (nSPS) is 31.4. The number of carbonyl (C=O) groups is 3. The first kappa shape index (κ1) is 19.5. The van der Waals surface area contributed by atoms with Gasteiger partial charge in [0, 0.05) is 32.6 Å². The van der Waals surface area contributed by atoms with E-state index in [4.69, 9.17) is 9.15 Å². The molecule has 0 aromatic carbocycles. The van der Waals surface area contributed by atoms with Gasteiger partial charge in [0.1, 0.15) is 5.76 Å². The van der Waals surface area contributed by atoms with Gasteiger partial charge in [-0.15, -0.1) is 0 Å². The number of nitrogens with zero attached hydrogens (tertiary/aromatic N) is 2. The highest BCUT2D eigenvalue weighted by Gasteiger charge is 2.59. The van der Waals surface area contributed by atoms with Crippen molar-refractivity contribution in [2.75, 3.05) is 39.4 Å². The third-order valence-corrected chi connectivity index (χ3v) is 6.97. The molecule has 0 radical (unpaired) electrons. The third kappa shape index (κ3) is 3.37. The summed E-state index contributed by atoms with van der Waals surface area (Å²) in [4.78, 5) is 41.5. The fourth-order valence-electron chi connectivity index (χ4n) is 5.48. The second-order valence-corrected chi connectivity index (χ2v) is 8.56. The zero-order valence-corrected chi connectivity index (χ0v) is 16.9. The van der Waals surface area contributed by atoms with Gasteiger partial charge in [0.25, 0.3) is 0 Å². The minimum atomic E-state index is -0.208. The van der Waals surface area contributed by atoms with Gasteiger partial charge < -0.3 is 14.5 Å². The van der Waals surface area contributed by atoms with Crippen LogP contribution in [-0.4, -0.2) is 66.9 Å². The Hall–Kier alpha value is -2.45. The number of morpholine rings is 1. The van der Waals surface area contributed by atoms with Crippen LogP contribution in [0.5, 0.6) is 0 Å².